The van der Waals surface area contributed by atoms with Crippen LogP contribution >= 0.6 is 0 Å². The number of benzene rings is 1. The molecular weight excluding hydrogens is 290 g/mol. The van der Waals surface area contributed by atoms with Gasteiger partial charge in [0.25, 0.3) is 0 Å². The van der Waals surface area contributed by atoms with Crippen LogP contribution in [-0.4, -0.2) is 43.0 Å². The van der Waals surface area contributed by atoms with Crippen LogP contribution in [0.2, 0.25) is 0 Å². The molecule has 0 amide bonds. The van der Waals surface area contributed by atoms with Crippen molar-refractivity contribution in [1.29, 1.82) is 0 Å². The zero-order valence-corrected chi connectivity index (χ0v) is 14.6. The lowest BCUT2D eigenvalue weighted by Gasteiger charge is -2.39. The number of carbonyl (C=O) groups is 1. The van der Waals surface area contributed by atoms with Gasteiger partial charge in [-0.1, -0.05) is 6.42 Å². The lowest BCUT2D eigenvalue weighted by atomic mass is 9.97. The van der Waals surface area contributed by atoms with Crippen LogP contribution in [-0.2, 0) is 0 Å². The molecule has 0 aromatic heterocycles. The molecule has 4 nitrogen and oxygen atoms in total. The Kier molecular flexibility index (Phi) is 6.90. The molecule has 0 aliphatic carbocycles. The molecule has 0 saturated carbocycles. The zero-order valence-electron chi connectivity index (χ0n) is 14.6. The molecule has 0 radical (unpaired) electrons. The van der Waals surface area contributed by atoms with Crippen molar-refractivity contribution >= 4 is 6.29 Å². The monoisotopic (exact) mass is 319 g/mol. The third kappa shape index (κ3) is 4.96. The minimum atomic E-state index is 0.557. The fraction of sp³-hybridized carbons (Fsp3) is 0.632. The van der Waals surface area contributed by atoms with Crippen molar-refractivity contribution < 1.29 is 14.3 Å². The van der Waals surface area contributed by atoms with Crippen LogP contribution in [0, 0.1) is 0 Å². The summed E-state index contributed by atoms with van der Waals surface area (Å²) in [6.07, 6.45) is 5.76. The summed E-state index contributed by atoms with van der Waals surface area (Å²) in [5.74, 6) is 1.37. The van der Waals surface area contributed by atoms with Crippen LogP contribution < -0.4 is 9.47 Å². The number of aldehydes is 1. The molecule has 1 aliphatic rings. The number of piperidine rings is 1. The largest absolute Gasteiger partial charge is 0.490 e. The standard InChI is InChI=1S/C19H29NO3/c1-4-22-19-13-17(14-21)9-10-18(19)23-12-6-11-20-15(2)7-5-8-16(20)3/h9-10,13-16H,4-8,11-12H2,1-3H3. The van der Waals surface area contributed by atoms with Gasteiger partial charge in [-0.15, -0.1) is 0 Å². The zero-order chi connectivity index (χ0) is 16.7. The van der Waals surface area contributed by atoms with Gasteiger partial charge in [0.2, 0.25) is 0 Å². The highest BCUT2D eigenvalue weighted by Gasteiger charge is 2.23. The lowest BCUT2D eigenvalue weighted by molar-refractivity contribution is 0.0958. The van der Waals surface area contributed by atoms with E-state index < -0.39 is 0 Å². The van der Waals surface area contributed by atoms with Crippen molar-refractivity contribution in [3.8, 4) is 11.5 Å². The molecule has 1 aromatic carbocycles. The molecule has 23 heavy (non-hydrogen) atoms. The summed E-state index contributed by atoms with van der Waals surface area (Å²) in [5.41, 5.74) is 0.608. The van der Waals surface area contributed by atoms with Gasteiger partial charge in [0, 0.05) is 24.2 Å². The van der Waals surface area contributed by atoms with E-state index in [0.29, 0.717) is 36.6 Å². The summed E-state index contributed by atoms with van der Waals surface area (Å²) in [7, 11) is 0. The van der Waals surface area contributed by atoms with Crippen LogP contribution in [0.4, 0.5) is 0 Å². The number of rotatable bonds is 8. The second-order valence-corrected chi connectivity index (χ2v) is 6.33. The topological polar surface area (TPSA) is 38.8 Å². The summed E-state index contributed by atoms with van der Waals surface area (Å²) in [5, 5.41) is 0. The van der Waals surface area contributed by atoms with Gasteiger partial charge in [0.15, 0.2) is 11.5 Å². The van der Waals surface area contributed by atoms with Gasteiger partial charge in [0.05, 0.1) is 13.2 Å². The number of carbonyl (C=O) groups excluding carboxylic acids is 1. The third-order valence-electron chi connectivity index (χ3n) is 4.60. The fourth-order valence-electron chi connectivity index (χ4n) is 3.33. The van der Waals surface area contributed by atoms with Gasteiger partial charge in [0.1, 0.15) is 6.29 Å². The number of likely N-dealkylation sites (tertiary alicyclic amines) is 1. The number of nitrogens with zero attached hydrogens (tertiary/aromatic N) is 1. The van der Waals surface area contributed by atoms with E-state index >= 15 is 0 Å². The van der Waals surface area contributed by atoms with Gasteiger partial charge in [-0.3, -0.25) is 9.69 Å². The van der Waals surface area contributed by atoms with E-state index in [2.05, 4.69) is 18.7 Å². The Morgan fingerprint density at radius 2 is 1.91 bits per heavy atom. The summed E-state index contributed by atoms with van der Waals surface area (Å²) >= 11 is 0. The van der Waals surface area contributed by atoms with Gasteiger partial charge >= 0.3 is 0 Å². The van der Waals surface area contributed by atoms with Crippen LogP contribution in [0.15, 0.2) is 18.2 Å². The normalized spacial score (nSPS) is 21.9. The van der Waals surface area contributed by atoms with Crippen molar-refractivity contribution in [2.24, 2.45) is 0 Å². The minimum Gasteiger partial charge on any atom is -0.490 e. The van der Waals surface area contributed by atoms with Crippen molar-refractivity contribution in [3.05, 3.63) is 23.8 Å². The Morgan fingerprint density at radius 3 is 2.57 bits per heavy atom. The molecular formula is C19H29NO3. The van der Waals surface area contributed by atoms with Gasteiger partial charge < -0.3 is 9.47 Å². The average Bonchev–Trinajstić information content (AvgIpc) is 2.55. The van der Waals surface area contributed by atoms with E-state index in [1.54, 1.807) is 12.1 Å². The Balaban J connectivity index is 1.84. The van der Waals surface area contributed by atoms with Gasteiger partial charge in [-0.2, -0.15) is 0 Å². The van der Waals surface area contributed by atoms with E-state index in [9.17, 15) is 4.79 Å². The first kappa shape index (κ1) is 17.8. The molecule has 2 unspecified atom stereocenters. The average molecular weight is 319 g/mol. The van der Waals surface area contributed by atoms with Crippen molar-refractivity contribution in [3.63, 3.8) is 0 Å². The van der Waals surface area contributed by atoms with E-state index in [4.69, 9.17) is 9.47 Å². The van der Waals surface area contributed by atoms with Crippen LogP contribution in [0.5, 0.6) is 11.5 Å². The van der Waals surface area contributed by atoms with E-state index in [-0.39, 0.29) is 0 Å². The Bertz CT molecular complexity index is 493. The van der Waals surface area contributed by atoms with Crippen molar-refractivity contribution in [2.45, 2.75) is 58.5 Å². The summed E-state index contributed by atoms with van der Waals surface area (Å²) in [4.78, 5) is 13.5. The van der Waals surface area contributed by atoms with Crippen LogP contribution in [0.25, 0.3) is 0 Å². The fourth-order valence-corrected chi connectivity index (χ4v) is 3.33. The molecule has 2 rings (SSSR count). The maximum Gasteiger partial charge on any atom is 0.161 e. The van der Waals surface area contributed by atoms with Gasteiger partial charge in [-0.25, -0.2) is 0 Å². The highest BCUT2D eigenvalue weighted by Crippen LogP contribution is 2.28. The molecule has 2 atom stereocenters. The number of hydrogen-bond acceptors (Lipinski definition) is 4. The SMILES string of the molecule is CCOc1cc(C=O)ccc1OCCCN1C(C)CCCC1C. The lowest BCUT2D eigenvalue weighted by Crippen LogP contribution is -2.44. The molecule has 0 spiro atoms. The summed E-state index contributed by atoms with van der Waals surface area (Å²) in [6.45, 7) is 8.86. The van der Waals surface area contributed by atoms with Crippen LogP contribution in [0.1, 0.15) is 56.8 Å². The predicted octanol–water partition coefficient (Wildman–Crippen LogP) is 3.93. The summed E-state index contributed by atoms with van der Waals surface area (Å²) < 4.78 is 11.4. The molecule has 1 heterocycles. The predicted molar refractivity (Wildman–Crippen MR) is 92.6 cm³/mol. The Labute approximate surface area is 139 Å². The Morgan fingerprint density at radius 1 is 1.17 bits per heavy atom. The number of hydrogen-bond donors (Lipinski definition) is 0. The second kappa shape index (κ2) is 8.92. The molecule has 1 aromatic rings. The van der Waals surface area contributed by atoms with E-state index in [1.807, 2.05) is 13.0 Å². The van der Waals surface area contributed by atoms with Crippen LogP contribution in [0.3, 0.4) is 0 Å². The number of ether oxygens (including phenoxy) is 2. The minimum absolute atomic E-state index is 0.557. The maximum absolute atomic E-state index is 10.9. The Hall–Kier alpha value is -1.55. The molecule has 0 N–H and O–H groups in total. The second-order valence-electron chi connectivity index (χ2n) is 6.33. The molecule has 128 valence electrons. The molecule has 1 saturated heterocycles. The molecule has 4 heteroatoms. The highest BCUT2D eigenvalue weighted by atomic mass is 16.5. The van der Waals surface area contributed by atoms with Crippen molar-refractivity contribution in [1.82, 2.24) is 4.90 Å². The molecule has 1 fully saturated rings. The molecule has 1 aliphatic heterocycles. The first-order valence-corrected chi connectivity index (χ1v) is 8.76. The quantitative estimate of drug-likeness (QED) is 0.537. The van der Waals surface area contributed by atoms with E-state index in [1.165, 1.54) is 19.3 Å². The molecule has 0 bridgehead atoms. The smallest absolute Gasteiger partial charge is 0.161 e. The van der Waals surface area contributed by atoms with Crippen molar-refractivity contribution in [2.75, 3.05) is 19.8 Å². The third-order valence-corrected chi connectivity index (χ3v) is 4.60. The first-order chi connectivity index (χ1) is 11.2. The maximum atomic E-state index is 10.9. The van der Waals surface area contributed by atoms with E-state index in [0.717, 1.165) is 25.0 Å². The highest BCUT2D eigenvalue weighted by molar-refractivity contribution is 5.76. The first-order valence-electron chi connectivity index (χ1n) is 8.76. The summed E-state index contributed by atoms with van der Waals surface area (Å²) in [6, 6.07) is 6.66. The van der Waals surface area contributed by atoms with Gasteiger partial charge in [-0.05, 0) is 58.2 Å².